The van der Waals surface area contributed by atoms with Crippen LogP contribution < -0.4 is 9.47 Å². The summed E-state index contributed by atoms with van der Waals surface area (Å²) in [5.74, 6) is -0.718. The highest BCUT2D eigenvalue weighted by atomic mass is 16.6. The number of aromatic hydroxyl groups is 1. The van der Waals surface area contributed by atoms with Crippen molar-refractivity contribution in [3.63, 3.8) is 0 Å². The Morgan fingerprint density at radius 3 is 2.51 bits per heavy atom. The van der Waals surface area contributed by atoms with Crippen LogP contribution in [0.3, 0.4) is 0 Å². The minimum Gasteiger partial charge on any atom is -0.508 e. The normalized spacial score (nSPS) is 21.2. The zero-order chi connectivity index (χ0) is 26.5. The molecular weight excluding hydrogens is 474 g/mol. The lowest BCUT2D eigenvalue weighted by Gasteiger charge is -2.36. The second kappa shape index (κ2) is 11.6. The van der Waals surface area contributed by atoms with Crippen LogP contribution >= 0.6 is 0 Å². The first-order valence-electron chi connectivity index (χ1n) is 12.4. The molecule has 196 valence electrons. The Bertz CT molecular complexity index is 1230. The summed E-state index contributed by atoms with van der Waals surface area (Å²) in [6.07, 6.45) is 0.805. The van der Waals surface area contributed by atoms with E-state index >= 15 is 0 Å². The molecule has 37 heavy (non-hydrogen) atoms. The number of ketones is 1. The molecule has 1 unspecified atom stereocenters. The van der Waals surface area contributed by atoms with E-state index in [4.69, 9.17) is 23.9 Å². The van der Waals surface area contributed by atoms with Crippen LogP contribution in [0.2, 0.25) is 0 Å². The molecule has 0 saturated heterocycles. The predicted molar refractivity (Wildman–Crippen MR) is 138 cm³/mol. The molecule has 8 nitrogen and oxygen atoms in total. The third-order valence-corrected chi connectivity index (χ3v) is 6.93. The lowest BCUT2D eigenvalue weighted by molar-refractivity contribution is -0.148. The maximum Gasteiger partial charge on any atom is 0.315 e. The van der Waals surface area contributed by atoms with Crippen LogP contribution in [0.5, 0.6) is 17.2 Å². The van der Waals surface area contributed by atoms with Crippen molar-refractivity contribution in [1.82, 2.24) is 0 Å². The van der Waals surface area contributed by atoms with Crippen LogP contribution in [0.25, 0.3) is 0 Å². The number of allylic oxidation sites excluding steroid dienone is 2. The maximum absolute atomic E-state index is 13.7. The number of phenols is 1. The van der Waals surface area contributed by atoms with Crippen LogP contribution in [0.1, 0.15) is 49.7 Å². The van der Waals surface area contributed by atoms with E-state index in [-0.39, 0.29) is 30.5 Å². The molecule has 2 aromatic rings. The largest absolute Gasteiger partial charge is 0.508 e. The second-order valence-corrected chi connectivity index (χ2v) is 9.17. The molecule has 1 aliphatic carbocycles. The van der Waals surface area contributed by atoms with E-state index in [9.17, 15) is 14.7 Å². The topological polar surface area (TPSA) is 104 Å². The molecule has 1 aliphatic heterocycles. The lowest BCUT2D eigenvalue weighted by Crippen LogP contribution is -2.38. The van der Waals surface area contributed by atoms with Crippen molar-refractivity contribution in [3.05, 3.63) is 64.9 Å². The smallest absolute Gasteiger partial charge is 0.315 e. The van der Waals surface area contributed by atoms with E-state index in [2.05, 4.69) is 0 Å². The highest BCUT2D eigenvalue weighted by molar-refractivity contribution is 6.09. The van der Waals surface area contributed by atoms with Crippen LogP contribution in [-0.4, -0.2) is 56.6 Å². The van der Waals surface area contributed by atoms with Gasteiger partial charge in [0.2, 0.25) is 0 Å². The summed E-state index contributed by atoms with van der Waals surface area (Å²) in [4.78, 5) is 31.7. The molecule has 2 aliphatic rings. The van der Waals surface area contributed by atoms with Crippen molar-refractivity contribution in [2.45, 2.75) is 38.5 Å². The molecular formula is C29H33NO7. The minimum atomic E-state index is -0.774. The molecule has 0 aromatic heterocycles. The Labute approximate surface area is 216 Å². The van der Waals surface area contributed by atoms with Gasteiger partial charge in [-0.1, -0.05) is 18.2 Å². The van der Waals surface area contributed by atoms with Gasteiger partial charge in [0, 0.05) is 35.9 Å². The summed E-state index contributed by atoms with van der Waals surface area (Å²) in [7, 11) is 3.16. The number of phenolic OH excluding ortho intramolecular Hbond substituents is 1. The number of hydrogen-bond donors (Lipinski definition) is 1. The number of carbonyl (C=O) groups excluding carboxylic acids is 2. The van der Waals surface area contributed by atoms with Gasteiger partial charge in [0.15, 0.2) is 17.3 Å². The molecule has 0 fully saturated rings. The highest BCUT2D eigenvalue weighted by Crippen LogP contribution is 2.47. The van der Waals surface area contributed by atoms with Gasteiger partial charge in [0.1, 0.15) is 18.3 Å². The van der Waals surface area contributed by atoms with Crippen LogP contribution in [0.15, 0.2) is 58.7 Å². The van der Waals surface area contributed by atoms with Crippen molar-refractivity contribution in [1.29, 1.82) is 0 Å². The number of rotatable bonds is 9. The number of Topliss-reactive ketones (excluding diaryl/α,β-unsaturated/α-hetero) is 1. The Kier molecular flexibility index (Phi) is 8.28. The van der Waals surface area contributed by atoms with E-state index in [1.807, 2.05) is 31.2 Å². The fraction of sp³-hybridized carbons (Fsp3) is 0.414. The summed E-state index contributed by atoms with van der Waals surface area (Å²) in [5.41, 5.74) is 3.39. The van der Waals surface area contributed by atoms with E-state index in [0.29, 0.717) is 53.7 Å². The van der Waals surface area contributed by atoms with Crippen molar-refractivity contribution >= 4 is 17.5 Å². The number of ether oxygens (including phenoxy) is 4. The van der Waals surface area contributed by atoms with E-state index in [1.165, 1.54) is 0 Å². The predicted octanol–water partition coefficient (Wildman–Crippen LogP) is 4.56. The van der Waals surface area contributed by atoms with Gasteiger partial charge in [-0.05, 0) is 61.6 Å². The molecule has 1 N–H and O–H groups in total. The molecule has 0 radical (unpaired) electrons. The fourth-order valence-corrected chi connectivity index (χ4v) is 5.22. The van der Waals surface area contributed by atoms with Gasteiger partial charge in [-0.25, -0.2) is 0 Å². The van der Waals surface area contributed by atoms with Gasteiger partial charge < -0.3 is 24.1 Å². The van der Waals surface area contributed by atoms with Crippen molar-refractivity contribution in [2.24, 2.45) is 10.9 Å². The molecule has 0 spiro atoms. The van der Waals surface area contributed by atoms with Gasteiger partial charge in [-0.3, -0.25) is 14.6 Å². The van der Waals surface area contributed by atoms with Gasteiger partial charge in [-0.2, -0.15) is 0 Å². The Hall–Kier alpha value is -3.65. The number of hydrogen-bond acceptors (Lipinski definition) is 8. The molecule has 2 aromatic carbocycles. The quantitative estimate of drug-likeness (QED) is 0.392. The molecule has 4 rings (SSSR count). The highest BCUT2D eigenvalue weighted by Gasteiger charge is 2.45. The number of aliphatic imine (C=N–C) groups is 1. The third kappa shape index (κ3) is 5.54. The standard InChI is InChI=1S/C29H33NO7/c1-5-36-11-12-37-29(33)26-17(2)30-22-14-20(18-9-10-24(34-3)25(16-18)35-4)15-23(32)28(22)27(26)19-7-6-8-21(31)13-19/h6-10,13,16,20,26-27,31H,5,11-12,14-15H2,1-4H3/t20-,26?,27-/m0/s1. The number of benzene rings is 2. The van der Waals surface area contributed by atoms with Crippen LogP contribution in [-0.2, 0) is 19.1 Å². The molecule has 0 amide bonds. The summed E-state index contributed by atoms with van der Waals surface area (Å²) < 4.78 is 21.6. The third-order valence-electron chi connectivity index (χ3n) is 6.93. The first-order chi connectivity index (χ1) is 17.9. The zero-order valence-electron chi connectivity index (χ0n) is 21.7. The first kappa shape index (κ1) is 26.4. The first-order valence-corrected chi connectivity index (χ1v) is 12.4. The molecule has 8 heteroatoms. The van der Waals surface area contributed by atoms with Crippen molar-refractivity contribution < 1.29 is 33.6 Å². The summed E-state index contributed by atoms with van der Waals surface area (Å²) in [6, 6.07) is 12.4. The Morgan fingerprint density at radius 2 is 1.81 bits per heavy atom. The number of nitrogens with zero attached hydrogens (tertiary/aromatic N) is 1. The monoisotopic (exact) mass is 507 g/mol. The fourth-order valence-electron chi connectivity index (χ4n) is 5.22. The average Bonchev–Trinajstić information content (AvgIpc) is 2.89. The number of esters is 1. The maximum atomic E-state index is 13.7. The van der Waals surface area contributed by atoms with Gasteiger partial charge in [-0.15, -0.1) is 0 Å². The van der Waals surface area contributed by atoms with Crippen molar-refractivity contribution in [2.75, 3.05) is 34.0 Å². The molecule has 3 atom stereocenters. The van der Waals surface area contributed by atoms with E-state index in [0.717, 1.165) is 5.56 Å². The van der Waals surface area contributed by atoms with Gasteiger partial charge in [0.05, 0.1) is 20.8 Å². The van der Waals surface area contributed by atoms with E-state index in [1.54, 1.807) is 39.3 Å². The van der Waals surface area contributed by atoms with Crippen LogP contribution in [0.4, 0.5) is 0 Å². The molecule has 0 bridgehead atoms. The van der Waals surface area contributed by atoms with Gasteiger partial charge >= 0.3 is 5.97 Å². The van der Waals surface area contributed by atoms with Crippen molar-refractivity contribution in [3.8, 4) is 17.2 Å². The summed E-state index contributed by atoms with van der Waals surface area (Å²) in [5, 5.41) is 10.2. The Morgan fingerprint density at radius 1 is 1.03 bits per heavy atom. The number of methoxy groups -OCH3 is 2. The Balaban J connectivity index is 1.71. The zero-order valence-corrected chi connectivity index (χ0v) is 21.7. The molecule has 0 saturated carbocycles. The second-order valence-electron chi connectivity index (χ2n) is 9.17. The minimum absolute atomic E-state index is 0.0646. The lowest BCUT2D eigenvalue weighted by atomic mass is 9.69. The number of carbonyl (C=O) groups is 2. The summed E-state index contributed by atoms with van der Waals surface area (Å²) in [6.45, 7) is 4.60. The van der Waals surface area contributed by atoms with Crippen LogP contribution in [0, 0.1) is 5.92 Å². The summed E-state index contributed by atoms with van der Waals surface area (Å²) >= 11 is 0. The SMILES string of the molecule is CCOCCOC(=O)C1C(C)=NC2=C(C(=O)C[C@@H](c3ccc(OC)c(OC)c3)C2)[C@H]1c1cccc(O)c1. The average molecular weight is 508 g/mol. The van der Waals surface area contributed by atoms with Gasteiger partial charge in [0.25, 0.3) is 0 Å². The van der Waals surface area contributed by atoms with E-state index < -0.39 is 17.8 Å². The molecule has 1 heterocycles.